The van der Waals surface area contributed by atoms with Gasteiger partial charge in [-0.2, -0.15) is 0 Å². The number of para-hydroxylation sites is 1. The summed E-state index contributed by atoms with van der Waals surface area (Å²) < 4.78 is 0. The highest BCUT2D eigenvalue weighted by atomic mass is 16.2. The minimum absolute atomic E-state index is 0.129. The predicted octanol–water partition coefficient (Wildman–Crippen LogP) is 5.48. The third kappa shape index (κ3) is 5.14. The van der Waals surface area contributed by atoms with Crippen molar-refractivity contribution in [3.63, 3.8) is 0 Å². The van der Waals surface area contributed by atoms with Crippen molar-refractivity contribution in [2.75, 3.05) is 17.2 Å². The molecule has 0 aliphatic rings. The van der Waals surface area contributed by atoms with Gasteiger partial charge in [0.05, 0.1) is 17.9 Å². The molecule has 3 aromatic carbocycles. The molecule has 4 aromatic rings. The lowest BCUT2D eigenvalue weighted by Crippen LogP contribution is -2.23. The van der Waals surface area contributed by atoms with Gasteiger partial charge in [-0.05, 0) is 31.5 Å². The fourth-order valence-corrected chi connectivity index (χ4v) is 3.25. The molecule has 31 heavy (non-hydrogen) atoms. The highest BCUT2D eigenvalue weighted by Gasteiger charge is 2.11. The number of aryl methyl sites for hydroxylation is 2. The molecule has 2 N–H and O–H groups in total. The van der Waals surface area contributed by atoms with Crippen LogP contribution in [-0.4, -0.2) is 22.4 Å². The van der Waals surface area contributed by atoms with E-state index in [1.165, 1.54) is 5.56 Å². The molecule has 154 valence electrons. The number of hydrogen-bond donors (Lipinski definition) is 2. The molecule has 0 saturated carbocycles. The van der Waals surface area contributed by atoms with E-state index in [4.69, 9.17) is 0 Å². The molecule has 0 atom stereocenters. The number of benzene rings is 3. The summed E-state index contributed by atoms with van der Waals surface area (Å²) in [5.74, 6) is 0.0804. The molecule has 0 aliphatic carbocycles. The normalized spacial score (nSPS) is 10.5. The third-order valence-electron chi connectivity index (χ3n) is 4.98. The van der Waals surface area contributed by atoms with Crippen molar-refractivity contribution in [2.24, 2.45) is 0 Å². The number of rotatable bonds is 6. The molecule has 5 heteroatoms. The van der Waals surface area contributed by atoms with Crippen LogP contribution in [-0.2, 0) is 4.79 Å². The summed E-state index contributed by atoms with van der Waals surface area (Å²) in [6.45, 7) is 4.18. The second kappa shape index (κ2) is 9.22. The molecule has 0 unspecified atom stereocenters. The number of amides is 1. The van der Waals surface area contributed by atoms with Crippen molar-refractivity contribution in [3.05, 3.63) is 96.1 Å². The zero-order valence-electron chi connectivity index (χ0n) is 17.6. The molecular formula is C26H24N4O. The van der Waals surface area contributed by atoms with Gasteiger partial charge < -0.3 is 5.32 Å². The van der Waals surface area contributed by atoms with Gasteiger partial charge in [0.2, 0.25) is 11.9 Å². The van der Waals surface area contributed by atoms with Crippen molar-refractivity contribution in [1.82, 2.24) is 9.97 Å². The minimum Gasteiger partial charge on any atom is -0.376 e. The third-order valence-corrected chi connectivity index (χ3v) is 4.98. The first-order chi connectivity index (χ1) is 15.1. The Kier molecular flexibility index (Phi) is 6.03. The molecule has 0 spiro atoms. The summed E-state index contributed by atoms with van der Waals surface area (Å²) in [4.78, 5) is 21.8. The summed E-state index contributed by atoms with van der Waals surface area (Å²) in [7, 11) is 0. The van der Waals surface area contributed by atoms with Gasteiger partial charge in [-0.25, -0.2) is 9.97 Å². The van der Waals surface area contributed by atoms with E-state index in [0.717, 1.165) is 33.8 Å². The summed E-state index contributed by atoms with van der Waals surface area (Å²) in [6, 6.07) is 27.8. The van der Waals surface area contributed by atoms with E-state index in [1.807, 2.05) is 98.8 Å². The Balaban J connectivity index is 1.60. The van der Waals surface area contributed by atoms with E-state index in [1.54, 1.807) is 0 Å². The van der Waals surface area contributed by atoms with Gasteiger partial charge >= 0.3 is 0 Å². The maximum atomic E-state index is 12.6. The molecular weight excluding hydrogens is 384 g/mol. The quantitative estimate of drug-likeness (QED) is 0.443. The Morgan fingerprint density at radius 2 is 1.39 bits per heavy atom. The van der Waals surface area contributed by atoms with Gasteiger partial charge in [0.25, 0.3) is 0 Å². The lowest BCUT2D eigenvalue weighted by atomic mass is 10.1. The van der Waals surface area contributed by atoms with Gasteiger partial charge in [0, 0.05) is 16.8 Å². The largest absolute Gasteiger partial charge is 0.376 e. The summed E-state index contributed by atoms with van der Waals surface area (Å²) >= 11 is 0. The van der Waals surface area contributed by atoms with Crippen LogP contribution in [0.5, 0.6) is 0 Å². The highest BCUT2D eigenvalue weighted by Crippen LogP contribution is 2.25. The van der Waals surface area contributed by atoms with E-state index in [0.29, 0.717) is 0 Å². The van der Waals surface area contributed by atoms with Crippen LogP contribution in [0.2, 0.25) is 0 Å². The van der Waals surface area contributed by atoms with Crippen LogP contribution in [0.1, 0.15) is 11.1 Å². The summed E-state index contributed by atoms with van der Waals surface area (Å²) in [6.07, 6.45) is 0. The van der Waals surface area contributed by atoms with E-state index in [-0.39, 0.29) is 18.4 Å². The monoisotopic (exact) mass is 408 g/mol. The predicted molar refractivity (Wildman–Crippen MR) is 126 cm³/mol. The Hall–Kier alpha value is -3.99. The van der Waals surface area contributed by atoms with E-state index < -0.39 is 0 Å². The number of carbonyl (C=O) groups excluding carboxylic acids is 1. The molecule has 4 rings (SSSR count). The standard InChI is InChI=1S/C26H24N4O/c1-18-12-14-21(15-13-18)24-16-23(20-9-4-3-5-10-20)28-26(29-24)30-25(31)17-27-22-11-7-6-8-19(22)2/h3-16,27H,17H2,1-2H3,(H,28,29,30,31). The van der Waals surface area contributed by atoms with Crippen LogP contribution in [0.25, 0.3) is 22.5 Å². The summed E-state index contributed by atoms with van der Waals surface area (Å²) in [5, 5.41) is 6.00. The Morgan fingerprint density at radius 3 is 2.06 bits per heavy atom. The van der Waals surface area contributed by atoms with Crippen molar-refractivity contribution < 1.29 is 4.79 Å². The zero-order chi connectivity index (χ0) is 21.6. The average Bonchev–Trinajstić information content (AvgIpc) is 2.79. The lowest BCUT2D eigenvalue weighted by Gasteiger charge is -2.11. The Bertz CT molecular complexity index is 1190. The number of nitrogens with zero attached hydrogens (tertiary/aromatic N) is 2. The molecule has 1 aromatic heterocycles. The second-order valence-corrected chi connectivity index (χ2v) is 7.41. The molecule has 1 amide bonds. The molecule has 0 radical (unpaired) electrons. The van der Waals surface area contributed by atoms with Gasteiger partial charge in [-0.1, -0.05) is 78.4 Å². The van der Waals surface area contributed by atoms with Crippen LogP contribution in [0.4, 0.5) is 11.6 Å². The molecule has 0 aliphatic heterocycles. The van der Waals surface area contributed by atoms with E-state index in [2.05, 4.69) is 20.6 Å². The molecule has 1 heterocycles. The zero-order valence-corrected chi connectivity index (χ0v) is 17.6. The number of carbonyl (C=O) groups is 1. The van der Waals surface area contributed by atoms with Crippen molar-refractivity contribution in [3.8, 4) is 22.5 Å². The van der Waals surface area contributed by atoms with Crippen LogP contribution < -0.4 is 10.6 Å². The number of anilines is 2. The summed E-state index contributed by atoms with van der Waals surface area (Å²) in [5.41, 5.74) is 6.64. The van der Waals surface area contributed by atoms with Crippen LogP contribution in [0.15, 0.2) is 84.9 Å². The topological polar surface area (TPSA) is 66.9 Å². The lowest BCUT2D eigenvalue weighted by molar-refractivity contribution is -0.114. The van der Waals surface area contributed by atoms with E-state index in [9.17, 15) is 4.79 Å². The fraction of sp³-hybridized carbons (Fsp3) is 0.115. The molecule has 0 saturated heterocycles. The minimum atomic E-state index is -0.205. The first-order valence-electron chi connectivity index (χ1n) is 10.2. The highest BCUT2D eigenvalue weighted by molar-refractivity contribution is 5.92. The van der Waals surface area contributed by atoms with Gasteiger partial charge in [0.15, 0.2) is 0 Å². The number of hydrogen-bond acceptors (Lipinski definition) is 4. The first kappa shape index (κ1) is 20.3. The number of aromatic nitrogens is 2. The maximum absolute atomic E-state index is 12.6. The van der Waals surface area contributed by atoms with Crippen molar-refractivity contribution in [2.45, 2.75) is 13.8 Å². The van der Waals surface area contributed by atoms with E-state index >= 15 is 0 Å². The van der Waals surface area contributed by atoms with Gasteiger partial charge in [-0.15, -0.1) is 0 Å². The average molecular weight is 409 g/mol. The SMILES string of the molecule is Cc1ccc(-c2cc(-c3ccccc3)nc(NC(=O)CNc3ccccc3C)n2)cc1. The van der Waals surface area contributed by atoms with Crippen molar-refractivity contribution in [1.29, 1.82) is 0 Å². The van der Waals surface area contributed by atoms with Gasteiger partial charge in [-0.3, -0.25) is 10.1 Å². The Labute approximate surface area is 182 Å². The maximum Gasteiger partial charge on any atom is 0.246 e. The molecule has 0 fully saturated rings. The van der Waals surface area contributed by atoms with Crippen LogP contribution in [0.3, 0.4) is 0 Å². The Morgan fingerprint density at radius 1 is 0.774 bits per heavy atom. The fourth-order valence-electron chi connectivity index (χ4n) is 3.25. The molecule has 5 nitrogen and oxygen atoms in total. The second-order valence-electron chi connectivity index (χ2n) is 7.41. The van der Waals surface area contributed by atoms with Crippen molar-refractivity contribution >= 4 is 17.5 Å². The van der Waals surface area contributed by atoms with Crippen LogP contribution >= 0.6 is 0 Å². The first-order valence-corrected chi connectivity index (χ1v) is 10.2. The number of nitrogens with one attached hydrogen (secondary N) is 2. The molecule has 0 bridgehead atoms. The van der Waals surface area contributed by atoms with Crippen LogP contribution in [0, 0.1) is 13.8 Å². The smallest absolute Gasteiger partial charge is 0.246 e. The van der Waals surface area contributed by atoms with Gasteiger partial charge in [0.1, 0.15) is 0 Å².